The number of aliphatic carboxylic acids is 3. The van der Waals surface area contributed by atoms with Crippen LogP contribution in [0.1, 0.15) is 12.8 Å². The minimum absolute atomic E-state index is 0. The number of aliphatic hydroxyl groups is 1. The molecule has 9 heteroatoms. The standard InChI is InChI=1S/C6H8O7.2Bi.6H/c7-3(8)1-6(13,5(11)12)2-4(9)10;;;;;;;;/h13H,1-2H2,(H,7,8)(H,9,10)(H,11,12);;;;;;;;. The van der Waals surface area contributed by atoms with Crippen molar-refractivity contribution >= 4 is 70.3 Å². The van der Waals surface area contributed by atoms with Crippen molar-refractivity contribution < 1.29 is 34.8 Å². The fourth-order valence-electron chi connectivity index (χ4n) is 0.714. The van der Waals surface area contributed by atoms with Crippen molar-refractivity contribution in [3.05, 3.63) is 0 Å². The predicted molar refractivity (Wildman–Crippen MR) is 57.0 cm³/mol. The van der Waals surface area contributed by atoms with Crippen molar-refractivity contribution in [2.24, 2.45) is 0 Å². The van der Waals surface area contributed by atoms with Gasteiger partial charge in [-0.15, -0.1) is 0 Å². The van der Waals surface area contributed by atoms with Gasteiger partial charge in [0.05, 0.1) is 12.8 Å². The van der Waals surface area contributed by atoms with Gasteiger partial charge in [0.1, 0.15) is 0 Å². The van der Waals surface area contributed by atoms with Gasteiger partial charge in [-0.05, 0) is 0 Å². The summed E-state index contributed by atoms with van der Waals surface area (Å²) in [6, 6.07) is 0. The molecule has 0 aromatic heterocycles. The van der Waals surface area contributed by atoms with Crippen molar-refractivity contribution in [3.63, 3.8) is 0 Å². The average molecular weight is 616 g/mol. The van der Waals surface area contributed by atoms with E-state index in [9.17, 15) is 14.4 Å². The van der Waals surface area contributed by atoms with Crippen LogP contribution in [0.15, 0.2) is 0 Å². The molecule has 0 rings (SSSR count). The predicted octanol–water partition coefficient (Wildman–Crippen LogP) is -3.62. The van der Waals surface area contributed by atoms with E-state index in [-0.39, 0.29) is 52.4 Å². The van der Waals surface area contributed by atoms with Crippen LogP contribution in [-0.2, 0) is 14.4 Å². The third-order valence-electron chi connectivity index (χ3n) is 1.29. The molecule has 15 heavy (non-hydrogen) atoms. The Balaban J connectivity index is -0.000000720. The molecule has 0 saturated carbocycles. The molecule has 0 radical (unpaired) electrons. The van der Waals surface area contributed by atoms with E-state index in [1.165, 1.54) is 0 Å². The fraction of sp³-hybridized carbons (Fsp3) is 0.500. The molecule has 0 fully saturated rings. The van der Waals surface area contributed by atoms with Gasteiger partial charge in [-0.3, -0.25) is 9.59 Å². The summed E-state index contributed by atoms with van der Waals surface area (Å²) in [7, 11) is 0. The summed E-state index contributed by atoms with van der Waals surface area (Å²) in [5.74, 6) is -5.02. The molecule has 0 unspecified atom stereocenters. The van der Waals surface area contributed by atoms with E-state index < -0.39 is 36.4 Å². The van der Waals surface area contributed by atoms with Crippen LogP contribution >= 0.6 is 0 Å². The van der Waals surface area contributed by atoms with Crippen LogP contribution < -0.4 is 0 Å². The first-order valence-electron chi connectivity index (χ1n) is 3.17. The molecule has 0 aliphatic heterocycles. The SMILES string of the molecule is O=C(O)CC(O)(CC(=O)O)C(=O)O.[BiH3].[BiH3]. The number of carbonyl (C=O) groups is 3. The second kappa shape index (κ2) is 8.31. The van der Waals surface area contributed by atoms with E-state index in [1.807, 2.05) is 0 Å². The molecule has 0 spiro atoms. The maximum absolute atomic E-state index is 10.3. The Morgan fingerprint density at radius 1 is 0.867 bits per heavy atom. The first kappa shape index (κ1) is 20.5. The van der Waals surface area contributed by atoms with Crippen molar-refractivity contribution in [2.75, 3.05) is 0 Å². The van der Waals surface area contributed by atoms with Gasteiger partial charge in [0.15, 0.2) is 5.60 Å². The van der Waals surface area contributed by atoms with Crippen molar-refractivity contribution in [2.45, 2.75) is 18.4 Å². The van der Waals surface area contributed by atoms with Gasteiger partial charge in [0.2, 0.25) is 0 Å². The first-order chi connectivity index (χ1) is 5.78. The summed E-state index contributed by atoms with van der Waals surface area (Å²) < 4.78 is 0. The van der Waals surface area contributed by atoms with E-state index in [0.717, 1.165) is 0 Å². The summed E-state index contributed by atoms with van der Waals surface area (Å²) in [4.78, 5) is 30.5. The van der Waals surface area contributed by atoms with Crippen LogP contribution in [0.2, 0.25) is 0 Å². The Kier molecular flexibility index (Phi) is 11.4. The Hall–Kier alpha value is 0.136. The van der Waals surface area contributed by atoms with Gasteiger partial charge in [-0.1, -0.05) is 0 Å². The van der Waals surface area contributed by atoms with Crippen LogP contribution in [0.5, 0.6) is 0 Å². The van der Waals surface area contributed by atoms with Crippen LogP contribution in [-0.4, -0.2) is 96.3 Å². The number of hydrogen-bond acceptors (Lipinski definition) is 4. The Labute approximate surface area is 123 Å². The van der Waals surface area contributed by atoms with Gasteiger partial charge < -0.3 is 20.4 Å². The third kappa shape index (κ3) is 8.00. The van der Waals surface area contributed by atoms with E-state index in [2.05, 4.69) is 0 Å². The van der Waals surface area contributed by atoms with Gasteiger partial charge in [0.25, 0.3) is 0 Å². The number of rotatable bonds is 5. The molecule has 4 N–H and O–H groups in total. The van der Waals surface area contributed by atoms with Crippen molar-refractivity contribution in [3.8, 4) is 0 Å². The first-order valence-corrected chi connectivity index (χ1v) is 3.17. The molecule has 0 saturated heterocycles. The van der Waals surface area contributed by atoms with Crippen LogP contribution in [0.25, 0.3) is 0 Å². The summed E-state index contributed by atoms with van der Waals surface area (Å²) in [6.45, 7) is 0. The molecular formula is C6H14Bi2O7. The van der Waals surface area contributed by atoms with Crippen molar-refractivity contribution in [1.29, 1.82) is 0 Å². The second-order valence-electron chi connectivity index (χ2n) is 2.48. The second-order valence-corrected chi connectivity index (χ2v) is 2.48. The molecule has 0 amide bonds. The third-order valence-corrected chi connectivity index (χ3v) is 1.29. The minimum atomic E-state index is -2.74. The Morgan fingerprint density at radius 3 is 1.27 bits per heavy atom. The molecule has 0 heterocycles. The average Bonchev–Trinajstić information content (AvgIpc) is 1.82. The number of carboxylic acids is 3. The summed E-state index contributed by atoms with van der Waals surface area (Å²) in [5.41, 5.74) is -2.74. The van der Waals surface area contributed by atoms with E-state index in [1.54, 1.807) is 0 Å². The van der Waals surface area contributed by atoms with E-state index >= 15 is 0 Å². The molecule has 0 aliphatic rings. The van der Waals surface area contributed by atoms with Gasteiger partial charge in [-0.25, -0.2) is 4.79 Å². The molecule has 90 valence electrons. The molecule has 0 atom stereocenters. The van der Waals surface area contributed by atoms with Crippen LogP contribution in [0, 0.1) is 0 Å². The topological polar surface area (TPSA) is 132 Å². The quantitative estimate of drug-likeness (QED) is 0.235. The van der Waals surface area contributed by atoms with Gasteiger partial charge in [0, 0.05) is 0 Å². The molecule has 0 aliphatic carbocycles. The normalized spacial score (nSPS) is 9.40. The van der Waals surface area contributed by atoms with Crippen LogP contribution in [0.4, 0.5) is 0 Å². The Morgan fingerprint density at radius 2 is 1.13 bits per heavy atom. The number of hydrogen-bond donors (Lipinski definition) is 4. The van der Waals surface area contributed by atoms with Gasteiger partial charge in [-0.2, -0.15) is 0 Å². The fourth-order valence-corrected chi connectivity index (χ4v) is 0.714. The Bertz CT molecular complexity index is 236. The monoisotopic (exact) mass is 616 g/mol. The molecule has 0 aromatic rings. The molecule has 0 aromatic carbocycles. The maximum atomic E-state index is 10.3. The zero-order chi connectivity index (χ0) is 10.6. The zero-order valence-corrected chi connectivity index (χ0v) is 18.8. The van der Waals surface area contributed by atoms with Crippen LogP contribution in [0.3, 0.4) is 0 Å². The molecular weight excluding hydrogens is 602 g/mol. The molecule has 7 nitrogen and oxygen atoms in total. The molecule has 0 bridgehead atoms. The summed E-state index contributed by atoms with van der Waals surface area (Å²) >= 11 is 0. The zero-order valence-electron chi connectivity index (χ0n) is 7.84. The van der Waals surface area contributed by atoms with E-state index in [4.69, 9.17) is 20.4 Å². The number of carboxylic acid groups (broad SMARTS) is 3. The summed E-state index contributed by atoms with van der Waals surface area (Å²) in [6.07, 6.45) is -2.29. The van der Waals surface area contributed by atoms with Gasteiger partial charge >= 0.3 is 70.3 Å². The van der Waals surface area contributed by atoms with Crippen molar-refractivity contribution in [1.82, 2.24) is 0 Å². The van der Waals surface area contributed by atoms with E-state index in [0.29, 0.717) is 0 Å². The summed E-state index contributed by atoms with van der Waals surface area (Å²) in [5, 5.41) is 33.8.